The molecule has 1 amide bonds. The first-order valence-corrected chi connectivity index (χ1v) is 9.36. The van der Waals surface area contributed by atoms with Crippen LogP contribution in [0.5, 0.6) is 0 Å². The Hall–Kier alpha value is -1.11. The Morgan fingerprint density at radius 3 is 2.58 bits per heavy atom. The molecule has 0 radical (unpaired) electrons. The number of amides is 1. The van der Waals surface area contributed by atoms with Crippen molar-refractivity contribution in [1.29, 1.82) is 0 Å². The number of aliphatic hydroxyl groups excluding tert-OH is 1. The number of carbonyl (C=O) groups is 1. The zero-order valence-electron chi connectivity index (χ0n) is 13.0. The third-order valence-electron chi connectivity index (χ3n) is 4.12. The normalized spacial score (nSPS) is 17.0. The van der Waals surface area contributed by atoms with E-state index in [1.54, 1.807) is 34.4 Å². The maximum absolute atomic E-state index is 12.6. The molecule has 4 nitrogen and oxygen atoms in total. The molecule has 0 aliphatic carbocycles. The number of thiophene rings is 1. The molecular weight excluding hydrogens is 367 g/mol. The highest BCUT2D eigenvalue weighted by molar-refractivity contribution is 7.10. The van der Waals surface area contributed by atoms with Crippen LogP contribution in [0.4, 0.5) is 0 Å². The number of halogens is 2. The van der Waals surface area contributed by atoms with Crippen molar-refractivity contribution < 1.29 is 9.90 Å². The van der Waals surface area contributed by atoms with Crippen molar-refractivity contribution in [3.8, 4) is 0 Å². The summed E-state index contributed by atoms with van der Waals surface area (Å²) in [5.41, 5.74) is 0.480. The number of β-amino-alcohol motifs (C(OH)–C–C–N with tert-alkyl or cyclic N) is 1. The maximum Gasteiger partial charge on any atom is 0.255 e. The van der Waals surface area contributed by atoms with Gasteiger partial charge in [-0.2, -0.15) is 0 Å². The summed E-state index contributed by atoms with van der Waals surface area (Å²) < 4.78 is 0. The van der Waals surface area contributed by atoms with Crippen LogP contribution in [0.3, 0.4) is 0 Å². The van der Waals surface area contributed by atoms with Crippen molar-refractivity contribution in [3.05, 3.63) is 56.2 Å². The summed E-state index contributed by atoms with van der Waals surface area (Å²) in [4.78, 5) is 17.5. The van der Waals surface area contributed by atoms with Gasteiger partial charge in [0.1, 0.15) is 6.10 Å². The molecule has 1 unspecified atom stereocenters. The Labute approximate surface area is 155 Å². The predicted molar refractivity (Wildman–Crippen MR) is 98.1 cm³/mol. The topological polar surface area (TPSA) is 43.8 Å². The molecule has 1 aromatic carbocycles. The van der Waals surface area contributed by atoms with Gasteiger partial charge >= 0.3 is 0 Å². The van der Waals surface area contributed by atoms with E-state index in [9.17, 15) is 9.90 Å². The van der Waals surface area contributed by atoms with E-state index in [-0.39, 0.29) is 5.91 Å². The van der Waals surface area contributed by atoms with Crippen LogP contribution in [-0.4, -0.2) is 53.5 Å². The van der Waals surface area contributed by atoms with Gasteiger partial charge in [-0.05, 0) is 29.6 Å². The van der Waals surface area contributed by atoms with E-state index in [0.717, 1.165) is 18.0 Å². The van der Waals surface area contributed by atoms with Crippen molar-refractivity contribution in [2.75, 3.05) is 32.7 Å². The number of hydrogen-bond acceptors (Lipinski definition) is 4. The molecule has 0 bridgehead atoms. The van der Waals surface area contributed by atoms with E-state index < -0.39 is 6.10 Å². The first-order chi connectivity index (χ1) is 11.5. The van der Waals surface area contributed by atoms with E-state index in [4.69, 9.17) is 23.2 Å². The molecule has 1 aliphatic heterocycles. The monoisotopic (exact) mass is 384 g/mol. The largest absolute Gasteiger partial charge is 0.386 e. The second-order valence-corrected chi connectivity index (χ2v) is 7.57. The summed E-state index contributed by atoms with van der Waals surface area (Å²) >= 11 is 13.6. The number of piperazine rings is 1. The van der Waals surface area contributed by atoms with E-state index in [1.165, 1.54) is 0 Å². The van der Waals surface area contributed by atoms with Gasteiger partial charge in [-0.25, -0.2) is 0 Å². The van der Waals surface area contributed by atoms with Crippen molar-refractivity contribution in [2.24, 2.45) is 0 Å². The van der Waals surface area contributed by atoms with Crippen molar-refractivity contribution in [1.82, 2.24) is 9.80 Å². The SMILES string of the molecule is O=C(c1ccc(Cl)cc1Cl)N1CCN(CC(O)c2cccs2)CC1. The lowest BCUT2D eigenvalue weighted by atomic mass is 10.1. The van der Waals surface area contributed by atoms with E-state index in [1.807, 2.05) is 17.5 Å². The van der Waals surface area contributed by atoms with Crippen LogP contribution >= 0.6 is 34.5 Å². The van der Waals surface area contributed by atoms with Gasteiger partial charge in [0.15, 0.2) is 0 Å². The third-order valence-corrected chi connectivity index (χ3v) is 5.65. The van der Waals surface area contributed by atoms with Crippen molar-refractivity contribution in [2.45, 2.75) is 6.10 Å². The molecule has 1 fully saturated rings. The van der Waals surface area contributed by atoms with Crippen LogP contribution in [0.2, 0.25) is 10.0 Å². The minimum Gasteiger partial charge on any atom is -0.386 e. The molecule has 128 valence electrons. The summed E-state index contributed by atoms with van der Waals surface area (Å²) in [5, 5.41) is 13.1. The fourth-order valence-electron chi connectivity index (χ4n) is 2.78. The number of benzene rings is 1. The highest BCUT2D eigenvalue weighted by Gasteiger charge is 2.25. The fraction of sp³-hybridized carbons (Fsp3) is 0.353. The van der Waals surface area contributed by atoms with Crippen LogP contribution in [-0.2, 0) is 0 Å². The first-order valence-electron chi connectivity index (χ1n) is 7.73. The summed E-state index contributed by atoms with van der Waals surface area (Å²) in [6.45, 7) is 3.30. The minimum atomic E-state index is -0.474. The third kappa shape index (κ3) is 4.10. The molecule has 1 atom stereocenters. The lowest BCUT2D eigenvalue weighted by Crippen LogP contribution is -2.49. The van der Waals surface area contributed by atoms with Gasteiger partial charge in [0.05, 0.1) is 10.6 Å². The molecule has 1 N–H and O–H groups in total. The quantitative estimate of drug-likeness (QED) is 0.876. The molecule has 2 aromatic rings. The Morgan fingerprint density at radius 1 is 1.21 bits per heavy atom. The number of aliphatic hydroxyl groups is 1. The van der Waals surface area contributed by atoms with Gasteiger partial charge < -0.3 is 10.0 Å². The van der Waals surface area contributed by atoms with Crippen LogP contribution in [0.1, 0.15) is 21.3 Å². The summed E-state index contributed by atoms with van der Waals surface area (Å²) in [7, 11) is 0. The fourth-order valence-corrected chi connectivity index (χ4v) is 3.97. The Balaban J connectivity index is 1.55. The van der Waals surface area contributed by atoms with Gasteiger partial charge in [-0.3, -0.25) is 9.69 Å². The predicted octanol–water partition coefficient (Wildman–Crippen LogP) is 3.55. The van der Waals surface area contributed by atoms with Crippen LogP contribution in [0.25, 0.3) is 0 Å². The molecule has 1 aromatic heterocycles. The molecule has 24 heavy (non-hydrogen) atoms. The number of carbonyl (C=O) groups excluding carboxylic acids is 1. The molecule has 0 saturated carbocycles. The second kappa shape index (κ2) is 7.85. The molecular formula is C17H18Cl2N2O2S. The summed E-state index contributed by atoms with van der Waals surface area (Å²) in [6.07, 6.45) is -0.474. The zero-order chi connectivity index (χ0) is 17.1. The van der Waals surface area contributed by atoms with Gasteiger partial charge in [-0.1, -0.05) is 29.3 Å². The van der Waals surface area contributed by atoms with Gasteiger partial charge in [0.25, 0.3) is 5.91 Å². The number of rotatable bonds is 4. The van der Waals surface area contributed by atoms with Crippen LogP contribution < -0.4 is 0 Å². The Bertz CT molecular complexity index is 701. The average molecular weight is 385 g/mol. The standard InChI is InChI=1S/C17H18Cl2N2O2S/c18-12-3-4-13(14(19)10-12)17(23)21-7-5-20(6-8-21)11-15(22)16-2-1-9-24-16/h1-4,9-10,15,22H,5-8,11H2. The molecule has 3 rings (SSSR count). The lowest BCUT2D eigenvalue weighted by Gasteiger charge is -2.35. The van der Waals surface area contributed by atoms with Crippen molar-refractivity contribution in [3.63, 3.8) is 0 Å². The first kappa shape index (κ1) is 17.7. The Morgan fingerprint density at radius 2 is 1.96 bits per heavy atom. The molecule has 2 heterocycles. The highest BCUT2D eigenvalue weighted by atomic mass is 35.5. The maximum atomic E-state index is 12.6. The van der Waals surface area contributed by atoms with Crippen molar-refractivity contribution >= 4 is 40.4 Å². The van der Waals surface area contributed by atoms with Crippen LogP contribution in [0, 0.1) is 0 Å². The van der Waals surface area contributed by atoms with Gasteiger partial charge in [-0.15, -0.1) is 11.3 Å². The van der Waals surface area contributed by atoms with E-state index >= 15 is 0 Å². The highest BCUT2D eigenvalue weighted by Crippen LogP contribution is 2.24. The minimum absolute atomic E-state index is 0.0740. The van der Waals surface area contributed by atoms with E-state index in [0.29, 0.717) is 35.2 Å². The van der Waals surface area contributed by atoms with Crippen LogP contribution in [0.15, 0.2) is 35.7 Å². The molecule has 1 saturated heterocycles. The van der Waals surface area contributed by atoms with Gasteiger partial charge in [0, 0.05) is 42.6 Å². The number of nitrogens with zero attached hydrogens (tertiary/aromatic N) is 2. The lowest BCUT2D eigenvalue weighted by molar-refractivity contribution is 0.0533. The zero-order valence-corrected chi connectivity index (χ0v) is 15.3. The average Bonchev–Trinajstić information content (AvgIpc) is 3.09. The summed E-state index contributed by atoms with van der Waals surface area (Å²) in [5.74, 6) is -0.0740. The molecule has 0 spiro atoms. The summed E-state index contributed by atoms with van der Waals surface area (Å²) in [6, 6.07) is 8.81. The number of hydrogen-bond donors (Lipinski definition) is 1. The molecule has 1 aliphatic rings. The molecule has 7 heteroatoms. The van der Waals surface area contributed by atoms with E-state index in [2.05, 4.69) is 4.90 Å². The Kier molecular flexibility index (Phi) is 5.79. The smallest absolute Gasteiger partial charge is 0.255 e. The second-order valence-electron chi connectivity index (χ2n) is 5.75. The van der Waals surface area contributed by atoms with Gasteiger partial charge in [0.2, 0.25) is 0 Å².